The number of thiazole rings is 2. The molecular weight excluding hydrogens is 802 g/mol. The zero-order valence-electron chi connectivity index (χ0n) is 32.3. The van der Waals surface area contributed by atoms with Gasteiger partial charge in [-0.2, -0.15) is 4.98 Å². The van der Waals surface area contributed by atoms with E-state index in [-0.39, 0.29) is 18.7 Å². The topological polar surface area (TPSA) is 162 Å². The van der Waals surface area contributed by atoms with Crippen LogP contribution in [0.4, 0.5) is 11.6 Å². The van der Waals surface area contributed by atoms with Gasteiger partial charge < -0.3 is 19.9 Å². The molecule has 16 heteroatoms. The summed E-state index contributed by atoms with van der Waals surface area (Å²) < 4.78 is 13.2. The Hall–Kier alpha value is -6.42. The molecule has 294 valence electrons. The van der Waals surface area contributed by atoms with Crippen molar-refractivity contribution in [3.63, 3.8) is 0 Å². The minimum Gasteiger partial charge on any atom is -0.485 e. The second kappa shape index (κ2) is 16.4. The smallest absolute Gasteiger partial charge is 0.223 e. The van der Waals surface area contributed by atoms with Gasteiger partial charge in [0.2, 0.25) is 11.7 Å². The molecule has 0 bridgehead atoms. The van der Waals surface area contributed by atoms with Gasteiger partial charge >= 0.3 is 0 Å². The molecule has 59 heavy (non-hydrogen) atoms. The Kier molecular flexibility index (Phi) is 10.6. The van der Waals surface area contributed by atoms with Crippen LogP contribution in [0, 0.1) is 13.8 Å². The number of hydrogen-bond acceptors (Lipinski definition) is 15. The van der Waals surface area contributed by atoms with E-state index in [4.69, 9.17) is 45.8 Å². The van der Waals surface area contributed by atoms with Gasteiger partial charge in [-0.15, -0.1) is 22.7 Å². The van der Waals surface area contributed by atoms with Crippen molar-refractivity contribution >= 4 is 66.3 Å². The highest BCUT2D eigenvalue weighted by Gasteiger charge is 2.17. The van der Waals surface area contributed by atoms with E-state index in [2.05, 4.69) is 74.9 Å². The Morgan fingerprint density at radius 1 is 0.712 bits per heavy atom. The van der Waals surface area contributed by atoms with Crippen LogP contribution in [0.3, 0.4) is 0 Å². The summed E-state index contributed by atoms with van der Waals surface area (Å²) in [7, 11) is 0. The van der Waals surface area contributed by atoms with Gasteiger partial charge in [0.15, 0.2) is 6.61 Å². The summed E-state index contributed by atoms with van der Waals surface area (Å²) in [4.78, 5) is 37.4. The average Bonchev–Trinajstić information content (AvgIpc) is 4.01. The molecular formula is C43H36ClN11O2S2. The summed E-state index contributed by atoms with van der Waals surface area (Å²) >= 11 is 9.37. The first kappa shape index (κ1) is 38.1. The molecule has 0 fully saturated rings. The fourth-order valence-electron chi connectivity index (χ4n) is 6.81. The second-order valence-corrected chi connectivity index (χ2v) is 16.2. The fraction of sp³-hybridized carbons (Fsp3) is 0.186. The predicted octanol–water partition coefficient (Wildman–Crippen LogP) is 10.4. The third kappa shape index (κ3) is 8.72. The van der Waals surface area contributed by atoms with Crippen molar-refractivity contribution in [2.45, 2.75) is 52.8 Å². The molecule has 9 rings (SSSR count). The molecule has 2 unspecified atom stereocenters. The largest absolute Gasteiger partial charge is 0.485 e. The Balaban J connectivity index is 1.03. The van der Waals surface area contributed by atoms with E-state index < -0.39 is 0 Å². The normalized spacial score (nSPS) is 12.5. The lowest BCUT2D eigenvalue weighted by molar-refractivity contribution is 0.285. The highest BCUT2D eigenvalue weighted by atomic mass is 35.5. The SMILES string of the molecule is Cc1nc(NC(C)c2ccnc(Cl)c2)cc(-c2cc(Cc3nc(NC(C)c4cccc(OCc5noc(C)n5)c4)cc(-c4ccc5ncsc5c4)n3)c3ncsc3c2)n1. The number of benzene rings is 3. The highest BCUT2D eigenvalue weighted by Crippen LogP contribution is 2.33. The van der Waals surface area contributed by atoms with Gasteiger partial charge in [0.05, 0.1) is 54.9 Å². The van der Waals surface area contributed by atoms with Gasteiger partial charge in [-0.25, -0.2) is 34.9 Å². The number of rotatable bonds is 13. The van der Waals surface area contributed by atoms with Gasteiger partial charge in [0.1, 0.15) is 34.2 Å². The molecule has 0 saturated carbocycles. The fourth-order valence-corrected chi connectivity index (χ4v) is 8.47. The number of aromatic nitrogens is 9. The van der Waals surface area contributed by atoms with Gasteiger partial charge in [-0.3, -0.25) is 0 Å². The maximum Gasteiger partial charge on any atom is 0.223 e. The molecule has 2 N–H and O–H groups in total. The van der Waals surface area contributed by atoms with Crippen molar-refractivity contribution in [1.82, 2.24) is 45.0 Å². The summed E-state index contributed by atoms with van der Waals surface area (Å²) in [5.41, 5.74) is 12.1. The van der Waals surface area contributed by atoms with E-state index in [9.17, 15) is 0 Å². The molecule has 13 nitrogen and oxygen atoms in total. The van der Waals surface area contributed by atoms with Crippen LogP contribution in [-0.2, 0) is 13.0 Å². The molecule has 0 saturated heterocycles. The van der Waals surface area contributed by atoms with Crippen molar-refractivity contribution in [2.24, 2.45) is 0 Å². The first-order valence-corrected chi connectivity index (χ1v) is 20.9. The maximum absolute atomic E-state index is 6.19. The lowest BCUT2D eigenvalue weighted by Crippen LogP contribution is -2.11. The molecule has 0 radical (unpaired) electrons. The van der Waals surface area contributed by atoms with E-state index in [1.54, 1.807) is 35.8 Å². The number of hydrogen-bond donors (Lipinski definition) is 2. The Morgan fingerprint density at radius 3 is 2.29 bits per heavy atom. The quantitative estimate of drug-likeness (QED) is 0.106. The number of pyridine rings is 1. The first-order valence-electron chi connectivity index (χ1n) is 18.8. The third-order valence-corrected chi connectivity index (χ3v) is 11.4. The van der Waals surface area contributed by atoms with Crippen LogP contribution in [-0.4, -0.2) is 45.0 Å². The van der Waals surface area contributed by atoms with E-state index in [0.29, 0.717) is 52.3 Å². The molecule has 2 atom stereocenters. The van der Waals surface area contributed by atoms with Crippen LogP contribution in [0.25, 0.3) is 42.9 Å². The third-order valence-electron chi connectivity index (χ3n) is 9.67. The average molecular weight is 838 g/mol. The van der Waals surface area contributed by atoms with E-state index >= 15 is 0 Å². The zero-order valence-corrected chi connectivity index (χ0v) is 34.7. The van der Waals surface area contributed by atoms with E-state index in [1.165, 1.54) is 0 Å². The number of nitrogens with one attached hydrogen (secondary N) is 2. The van der Waals surface area contributed by atoms with Gasteiger partial charge in [0.25, 0.3) is 0 Å². The van der Waals surface area contributed by atoms with E-state index in [0.717, 1.165) is 59.6 Å². The summed E-state index contributed by atoms with van der Waals surface area (Å²) in [5.74, 6) is 4.37. The van der Waals surface area contributed by atoms with Gasteiger partial charge in [-0.1, -0.05) is 35.0 Å². The predicted molar refractivity (Wildman–Crippen MR) is 232 cm³/mol. The number of halogens is 1. The van der Waals surface area contributed by atoms with E-state index in [1.807, 2.05) is 66.5 Å². The molecule has 9 aromatic rings. The first-order chi connectivity index (χ1) is 28.7. The maximum atomic E-state index is 6.19. The molecule has 6 heterocycles. The summed E-state index contributed by atoms with van der Waals surface area (Å²) in [5, 5.41) is 11.5. The lowest BCUT2D eigenvalue weighted by atomic mass is 10.0. The Bertz CT molecular complexity index is 2950. The highest BCUT2D eigenvalue weighted by molar-refractivity contribution is 7.17. The summed E-state index contributed by atoms with van der Waals surface area (Å²) in [6, 6.07) is 26.0. The molecule has 0 aliphatic rings. The van der Waals surface area contributed by atoms with Crippen LogP contribution in [0.15, 0.2) is 101 Å². The van der Waals surface area contributed by atoms with Crippen molar-refractivity contribution < 1.29 is 9.26 Å². The van der Waals surface area contributed by atoms with Crippen LogP contribution >= 0.6 is 34.3 Å². The van der Waals surface area contributed by atoms with Crippen molar-refractivity contribution in [3.05, 3.63) is 141 Å². The summed E-state index contributed by atoms with van der Waals surface area (Å²) in [6.07, 6.45) is 2.13. The molecule has 0 spiro atoms. The molecule has 0 aliphatic carbocycles. The Morgan fingerprint density at radius 2 is 1.47 bits per heavy atom. The molecule has 3 aromatic carbocycles. The monoisotopic (exact) mass is 837 g/mol. The molecule has 6 aromatic heterocycles. The minimum atomic E-state index is -0.124. The van der Waals surface area contributed by atoms with Gasteiger partial charge in [-0.05, 0) is 86.0 Å². The number of aryl methyl sites for hydroxylation is 2. The molecule has 0 amide bonds. The Labute approximate surface area is 352 Å². The molecule has 0 aliphatic heterocycles. The lowest BCUT2D eigenvalue weighted by Gasteiger charge is -2.18. The van der Waals surface area contributed by atoms with Crippen LogP contribution in [0.5, 0.6) is 5.75 Å². The number of nitrogens with zero attached hydrogens (tertiary/aromatic N) is 9. The number of ether oxygens (including phenoxy) is 1. The van der Waals surface area contributed by atoms with Crippen LogP contribution in [0.1, 0.15) is 66.0 Å². The summed E-state index contributed by atoms with van der Waals surface area (Å²) in [6.45, 7) is 8.00. The van der Waals surface area contributed by atoms with Gasteiger partial charge in [0, 0.05) is 42.8 Å². The van der Waals surface area contributed by atoms with Crippen molar-refractivity contribution in [1.29, 1.82) is 0 Å². The standard InChI is InChI=1S/C43H36ClN11O2S2/c1-23(27-6-5-7-32(13-27)56-20-42-52-26(4)57-55-42)49-41-18-34(29-8-9-33-36(14-29)58-21-46-33)53-39(54-41)17-31-12-30(15-37-43(31)47-22-59-37)35-19-40(51-25(3)50-35)48-24(2)28-10-11-45-38(44)16-28/h5-16,18-19,21-24H,17,20H2,1-4H3,(H,48,50,51)(H,49,53,54). The minimum absolute atomic E-state index is 0.0617. The van der Waals surface area contributed by atoms with Crippen molar-refractivity contribution in [2.75, 3.05) is 10.6 Å². The second-order valence-electron chi connectivity index (χ2n) is 14.0. The van der Waals surface area contributed by atoms with Crippen molar-refractivity contribution in [3.8, 4) is 28.3 Å². The zero-order chi connectivity index (χ0) is 40.5. The number of fused-ring (bicyclic) bond motifs is 2. The number of anilines is 2. The van der Waals surface area contributed by atoms with Crippen LogP contribution in [0.2, 0.25) is 5.15 Å². The van der Waals surface area contributed by atoms with Crippen LogP contribution < -0.4 is 15.4 Å².